The zero-order valence-electron chi connectivity index (χ0n) is 35.5. The average molecular weight is 850 g/mol. The Bertz CT molecular complexity index is 1720. The molecule has 0 aliphatic carbocycles. The Morgan fingerprint density at radius 2 is 1.15 bits per heavy atom. The molecule has 0 fully saturated rings. The molecule has 15 heteroatoms. The molecule has 0 saturated carbocycles. The van der Waals surface area contributed by atoms with Crippen LogP contribution in [0.4, 0.5) is 11.4 Å². The van der Waals surface area contributed by atoms with Gasteiger partial charge in [0, 0.05) is 24.9 Å². The first-order valence-corrected chi connectivity index (χ1v) is 21.1. The molecule has 61 heavy (non-hydrogen) atoms. The number of hydrogen-bond donors (Lipinski definition) is 2. The highest BCUT2D eigenvalue weighted by Gasteiger charge is 2.20. The molecule has 1 heterocycles. The van der Waals surface area contributed by atoms with Gasteiger partial charge in [0.15, 0.2) is 6.61 Å². The summed E-state index contributed by atoms with van der Waals surface area (Å²) in [5.74, 6) is 0.241. The normalized spacial score (nSPS) is 12.3. The van der Waals surface area contributed by atoms with E-state index in [9.17, 15) is 14.4 Å². The standard InChI is InChI=1S/C46H63N3O12/c1-37-13-15-38(16-14-37)7-6-8-39(50)17-19-53-21-23-55-25-27-57-29-31-59-33-34-60-32-30-58-28-26-56-24-22-54-20-18-47-46(52)36-61-44-12-5-2-9-40(44)43-35-45(51)49-42-11-4-3-10-41(42)48-43/h2-5,9-16H,6-8,17-36H2,1H3,(H,47,52)(H,49,51). The van der Waals surface area contributed by atoms with E-state index < -0.39 is 0 Å². The number of para-hydroxylation sites is 3. The van der Waals surface area contributed by atoms with E-state index in [1.807, 2.05) is 30.3 Å². The fourth-order valence-corrected chi connectivity index (χ4v) is 5.85. The second kappa shape index (κ2) is 31.3. The number of nitrogens with one attached hydrogen (secondary N) is 2. The van der Waals surface area contributed by atoms with Gasteiger partial charge in [0.25, 0.3) is 5.91 Å². The Balaban J connectivity index is 0.834. The van der Waals surface area contributed by atoms with Crippen molar-refractivity contribution in [2.75, 3.05) is 124 Å². The van der Waals surface area contributed by atoms with Crippen LogP contribution in [0.1, 0.15) is 42.4 Å². The number of rotatable bonds is 35. The van der Waals surface area contributed by atoms with Crippen LogP contribution in [-0.2, 0) is 58.7 Å². The van der Waals surface area contributed by atoms with Crippen molar-refractivity contribution >= 4 is 34.7 Å². The Morgan fingerprint density at radius 1 is 0.623 bits per heavy atom. The predicted octanol–water partition coefficient (Wildman–Crippen LogP) is 5.07. The number of benzene rings is 3. The highest BCUT2D eigenvalue weighted by Crippen LogP contribution is 2.30. The number of carbonyl (C=O) groups is 3. The van der Waals surface area contributed by atoms with Crippen LogP contribution < -0.4 is 15.4 Å². The van der Waals surface area contributed by atoms with Gasteiger partial charge in [0.05, 0.1) is 129 Å². The van der Waals surface area contributed by atoms with E-state index in [1.165, 1.54) is 11.1 Å². The van der Waals surface area contributed by atoms with Crippen LogP contribution in [0.2, 0.25) is 0 Å². The number of fused-ring (bicyclic) bond motifs is 1. The van der Waals surface area contributed by atoms with E-state index >= 15 is 0 Å². The first kappa shape index (κ1) is 49.1. The summed E-state index contributed by atoms with van der Waals surface area (Å²) in [6.07, 6.45) is 2.89. The van der Waals surface area contributed by atoms with E-state index in [-0.39, 0.29) is 30.6 Å². The first-order chi connectivity index (χ1) is 30.0. The van der Waals surface area contributed by atoms with Crippen LogP contribution in [0.5, 0.6) is 5.75 Å². The molecule has 334 valence electrons. The van der Waals surface area contributed by atoms with Gasteiger partial charge >= 0.3 is 0 Å². The molecule has 1 aliphatic heterocycles. The third-order valence-electron chi connectivity index (χ3n) is 9.06. The Hall–Kier alpha value is -4.58. The van der Waals surface area contributed by atoms with Crippen LogP contribution in [0.3, 0.4) is 0 Å². The SMILES string of the molecule is Cc1ccc(CCCC(=O)CCOCCOCCOCCOCCOCCOCCOCCOCCNC(=O)COc2ccccc2C2=Nc3ccccc3NC(=O)C2)cc1. The fraction of sp³-hybridized carbons (Fsp3) is 0.522. The largest absolute Gasteiger partial charge is 0.483 e. The van der Waals surface area contributed by atoms with Crippen molar-refractivity contribution in [2.45, 2.75) is 39.0 Å². The minimum Gasteiger partial charge on any atom is -0.483 e. The van der Waals surface area contributed by atoms with Gasteiger partial charge in [0.1, 0.15) is 11.5 Å². The zero-order valence-corrected chi connectivity index (χ0v) is 35.5. The lowest BCUT2D eigenvalue weighted by Gasteiger charge is -2.12. The molecule has 0 spiro atoms. The maximum Gasteiger partial charge on any atom is 0.258 e. The number of carbonyl (C=O) groups excluding carboxylic acids is 3. The van der Waals surface area contributed by atoms with E-state index in [1.54, 1.807) is 18.2 Å². The molecule has 0 atom stereocenters. The van der Waals surface area contributed by atoms with Gasteiger partial charge in [-0.1, -0.05) is 54.1 Å². The number of hydrogen-bond acceptors (Lipinski definition) is 13. The summed E-state index contributed by atoms with van der Waals surface area (Å²) in [4.78, 5) is 41.6. The van der Waals surface area contributed by atoms with E-state index in [0.29, 0.717) is 153 Å². The summed E-state index contributed by atoms with van der Waals surface area (Å²) >= 11 is 0. The predicted molar refractivity (Wildman–Crippen MR) is 231 cm³/mol. The molecule has 4 rings (SSSR count). The number of Topliss-reactive ketones (excluding diaryl/α,β-unsaturated/α-hetero) is 1. The lowest BCUT2D eigenvalue weighted by atomic mass is 10.0. The van der Waals surface area contributed by atoms with Crippen molar-refractivity contribution < 1.29 is 57.0 Å². The Labute approximate surface area is 359 Å². The van der Waals surface area contributed by atoms with Gasteiger partial charge in [-0.15, -0.1) is 0 Å². The minimum absolute atomic E-state index is 0.0843. The highest BCUT2D eigenvalue weighted by molar-refractivity contribution is 6.17. The third-order valence-corrected chi connectivity index (χ3v) is 9.06. The molecule has 0 aromatic heterocycles. The van der Waals surface area contributed by atoms with Crippen molar-refractivity contribution in [3.05, 3.63) is 89.5 Å². The van der Waals surface area contributed by atoms with Crippen LogP contribution in [0.25, 0.3) is 0 Å². The lowest BCUT2D eigenvalue weighted by molar-refractivity contribution is -0.123. The summed E-state index contributed by atoms with van der Waals surface area (Å²) < 4.78 is 49.9. The number of nitrogens with zero attached hydrogens (tertiary/aromatic N) is 1. The maximum atomic E-state index is 12.5. The Kier molecular flexibility index (Phi) is 25.2. The van der Waals surface area contributed by atoms with Gasteiger partial charge < -0.3 is 53.3 Å². The van der Waals surface area contributed by atoms with Crippen molar-refractivity contribution in [2.24, 2.45) is 4.99 Å². The number of aliphatic imine (C=N–C) groups is 1. The van der Waals surface area contributed by atoms with Gasteiger partial charge in [-0.2, -0.15) is 0 Å². The molecule has 15 nitrogen and oxygen atoms in total. The van der Waals surface area contributed by atoms with Crippen LogP contribution in [0, 0.1) is 6.92 Å². The molecule has 1 aliphatic rings. The molecule has 2 amide bonds. The molecule has 0 bridgehead atoms. The van der Waals surface area contributed by atoms with Crippen molar-refractivity contribution in [1.82, 2.24) is 5.32 Å². The van der Waals surface area contributed by atoms with Crippen molar-refractivity contribution in [3.8, 4) is 5.75 Å². The summed E-state index contributed by atoms with van der Waals surface area (Å²) in [7, 11) is 0. The van der Waals surface area contributed by atoms with Crippen molar-refractivity contribution in [3.63, 3.8) is 0 Å². The number of ketones is 1. The van der Waals surface area contributed by atoms with Gasteiger partial charge in [-0.25, -0.2) is 4.99 Å². The second-order valence-electron chi connectivity index (χ2n) is 14.0. The summed E-state index contributed by atoms with van der Waals surface area (Å²) in [6.45, 7) is 9.29. The third kappa shape index (κ3) is 22.2. The van der Waals surface area contributed by atoms with Crippen LogP contribution in [-0.4, -0.2) is 142 Å². The average Bonchev–Trinajstić information content (AvgIpc) is 3.44. The molecule has 0 radical (unpaired) electrons. The van der Waals surface area contributed by atoms with E-state index in [2.05, 4.69) is 41.8 Å². The Morgan fingerprint density at radius 3 is 1.75 bits per heavy atom. The molecule has 0 unspecified atom stereocenters. The summed E-state index contributed by atoms with van der Waals surface area (Å²) in [6, 6.07) is 23.0. The second-order valence-corrected chi connectivity index (χ2v) is 14.0. The lowest BCUT2D eigenvalue weighted by Crippen LogP contribution is -2.32. The smallest absolute Gasteiger partial charge is 0.258 e. The van der Waals surface area contributed by atoms with Gasteiger partial charge in [-0.05, 0) is 49.6 Å². The molecule has 0 saturated heterocycles. The van der Waals surface area contributed by atoms with Gasteiger partial charge in [0.2, 0.25) is 5.91 Å². The zero-order chi connectivity index (χ0) is 43.0. The molecular weight excluding hydrogens is 787 g/mol. The molecule has 3 aromatic rings. The van der Waals surface area contributed by atoms with E-state index in [4.69, 9.17) is 47.6 Å². The maximum absolute atomic E-state index is 12.5. The fourth-order valence-electron chi connectivity index (χ4n) is 5.85. The number of amides is 2. The topological polar surface area (TPSA) is 171 Å². The molecular formula is C46H63N3O12. The number of ether oxygens (including phenoxy) is 9. The summed E-state index contributed by atoms with van der Waals surface area (Å²) in [5.41, 5.74) is 5.05. The van der Waals surface area contributed by atoms with Crippen molar-refractivity contribution in [1.29, 1.82) is 0 Å². The molecule has 2 N–H and O–H groups in total. The number of anilines is 1. The summed E-state index contributed by atoms with van der Waals surface area (Å²) in [5, 5.41) is 5.64. The highest BCUT2D eigenvalue weighted by atomic mass is 16.6. The first-order valence-electron chi connectivity index (χ1n) is 21.1. The van der Waals surface area contributed by atoms with E-state index in [0.717, 1.165) is 12.8 Å². The van der Waals surface area contributed by atoms with Crippen LogP contribution in [0.15, 0.2) is 77.8 Å². The van der Waals surface area contributed by atoms with Crippen LogP contribution >= 0.6 is 0 Å². The quantitative estimate of drug-likeness (QED) is 0.0755. The molecule has 3 aromatic carbocycles. The minimum atomic E-state index is -0.293. The van der Waals surface area contributed by atoms with Gasteiger partial charge in [-0.3, -0.25) is 14.4 Å². The number of aryl methyl sites for hydroxylation is 2. The monoisotopic (exact) mass is 849 g/mol.